The number of ether oxygens (including phenoxy) is 1. The third kappa shape index (κ3) is 3.94. The average molecular weight is 342 g/mol. The molecular weight excluding hydrogens is 324 g/mol. The fourth-order valence-corrected chi connectivity index (χ4v) is 3.01. The zero-order valence-electron chi connectivity index (χ0n) is 13.7. The molecule has 1 aromatic heterocycles. The van der Waals surface area contributed by atoms with Crippen LogP contribution in [0.4, 0.5) is 0 Å². The molecule has 2 aliphatic rings. The Morgan fingerprint density at radius 1 is 1.36 bits per heavy atom. The number of likely N-dealkylation sites (tertiary alicyclic amines) is 2. The molecule has 3 heterocycles. The summed E-state index contributed by atoms with van der Waals surface area (Å²) >= 11 is 0. The highest BCUT2D eigenvalue weighted by molar-refractivity contribution is 6.04. The van der Waals surface area contributed by atoms with E-state index in [1.807, 2.05) is 6.07 Å². The molecule has 3 amide bonds. The molecule has 130 valence electrons. The Bertz CT molecular complexity index is 726. The van der Waals surface area contributed by atoms with E-state index in [1.165, 1.54) is 6.20 Å². The second-order valence-corrected chi connectivity index (χ2v) is 6.09. The summed E-state index contributed by atoms with van der Waals surface area (Å²) in [6.07, 6.45) is 3.16. The molecule has 3 rings (SSSR count). The lowest BCUT2D eigenvalue weighted by atomic mass is 10.1. The Kier molecular flexibility index (Phi) is 4.93. The van der Waals surface area contributed by atoms with Crippen LogP contribution in [0.25, 0.3) is 0 Å². The summed E-state index contributed by atoms with van der Waals surface area (Å²) < 4.78 is 5.79. The fraction of sp³-hybridized carbons (Fsp3) is 0.471. The molecule has 1 unspecified atom stereocenters. The highest BCUT2D eigenvalue weighted by atomic mass is 16.5. The second kappa shape index (κ2) is 7.30. The summed E-state index contributed by atoms with van der Waals surface area (Å²) in [5.74, 6) is -0.486. The van der Waals surface area contributed by atoms with Crippen LogP contribution in [0.15, 0.2) is 18.3 Å². The van der Waals surface area contributed by atoms with E-state index in [4.69, 9.17) is 10.00 Å². The number of amides is 3. The van der Waals surface area contributed by atoms with Gasteiger partial charge >= 0.3 is 0 Å². The minimum Gasteiger partial charge on any atom is -0.472 e. The van der Waals surface area contributed by atoms with Gasteiger partial charge in [0.25, 0.3) is 0 Å². The van der Waals surface area contributed by atoms with Gasteiger partial charge in [-0.05, 0) is 18.9 Å². The smallest absolute Gasteiger partial charge is 0.242 e. The minimum absolute atomic E-state index is 0.179. The Labute approximate surface area is 145 Å². The molecule has 0 spiro atoms. The molecule has 0 aromatic carbocycles. The Morgan fingerprint density at radius 3 is 2.84 bits per heavy atom. The van der Waals surface area contributed by atoms with E-state index in [1.54, 1.807) is 17.0 Å². The van der Waals surface area contributed by atoms with Crippen molar-refractivity contribution in [2.75, 3.05) is 19.6 Å². The Hall–Kier alpha value is -2.95. The normalized spacial score (nSPS) is 20.5. The van der Waals surface area contributed by atoms with E-state index in [0.29, 0.717) is 24.5 Å². The lowest BCUT2D eigenvalue weighted by Crippen LogP contribution is -2.48. The predicted octanol–water partition coefficient (Wildman–Crippen LogP) is 0.472. The highest BCUT2D eigenvalue weighted by Gasteiger charge is 2.33. The standard InChI is InChI=1S/C17H18N4O4/c18-9-12-5-6-19-14(8-12)25-13-2-1-7-20(10-13)17(24)11-21-15(22)3-4-16(21)23/h5-6,8,13H,1-4,7,10-11H2. The van der Waals surface area contributed by atoms with Crippen molar-refractivity contribution >= 4 is 17.7 Å². The number of imide groups is 1. The molecule has 0 aliphatic carbocycles. The summed E-state index contributed by atoms with van der Waals surface area (Å²) in [5.41, 5.74) is 0.458. The largest absolute Gasteiger partial charge is 0.472 e. The summed E-state index contributed by atoms with van der Waals surface area (Å²) in [5, 5.41) is 8.92. The molecule has 8 nitrogen and oxygen atoms in total. The number of hydrogen-bond acceptors (Lipinski definition) is 6. The van der Waals surface area contributed by atoms with Crippen molar-refractivity contribution in [3.8, 4) is 11.9 Å². The summed E-state index contributed by atoms with van der Waals surface area (Å²) in [6, 6.07) is 5.18. The van der Waals surface area contributed by atoms with E-state index >= 15 is 0 Å². The van der Waals surface area contributed by atoms with E-state index in [0.717, 1.165) is 17.7 Å². The van der Waals surface area contributed by atoms with Gasteiger partial charge in [0.2, 0.25) is 23.6 Å². The first kappa shape index (κ1) is 16.9. The van der Waals surface area contributed by atoms with Crippen molar-refractivity contribution in [3.63, 3.8) is 0 Å². The monoisotopic (exact) mass is 342 g/mol. The van der Waals surface area contributed by atoms with Crippen LogP contribution in [0, 0.1) is 11.3 Å². The van der Waals surface area contributed by atoms with Crippen LogP contribution in [0.2, 0.25) is 0 Å². The molecule has 2 saturated heterocycles. The number of nitrogens with zero attached hydrogens (tertiary/aromatic N) is 4. The molecule has 2 aliphatic heterocycles. The van der Waals surface area contributed by atoms with Gasteiger partial charge < -0.3 is 9.64 Å². The van der Waals surface area contributed by atoms with Crippen LogP contribution in [0.5, 0.6) is 5.88 Å². The third-order valence-corrected chi connectivity index (χ3v) is 4.33. The maximum Gasteiger partial charge on any atom is 0.242 e. The van der Waals surface area contributed by atoms with Crippen molar-refractivity contribution in [2.45, 2.75) is 31.8 Å². The van der Waals surface area contributed by atoms with Crippen LogP contribution >= 0.6 is 0 Å². The highest BCUT2D eigenvalue weighted by Crippen LogP contribution is 2.19. The number of carbonyl (C=O) groups excluding carboxylic acids is 3. The summed E-state index contributed by atoms with van der Waals surface area (Å²) in [4.78, 5) is 42.4. The summed E-state index contributed by atoms with van der Waals surface area (Å²) in [7, 11) is 0. The predicted molar refractivity (Wildman–Crippen MR) is 85.1 cm³/mol. The Balaban J connectivity index is 1.59. The van der Waals surface area contributed by atoms with E-state index in [-0.39, 0.29) is 43.2 Å². The van der Waals surface area contributed by atoms with Crippen LogP contribution in [-0.2, 0) is 14.4 Å². The van der Waals surface area contributed by atoms with Gasteiger partial charge in [-0.25, -0.2) is 4.98 Å². The molecule has 0 radical (unpaired) electrons. The van der Waals surface area contributed by atoms with Gasteiger partial charge in [-0.1, -0.05) is 0 Å². The van der Waals surface area contributed by atoms with Crippen LogP contribution in [0.1, 0.15) is 31.2 Å². The van der Waals surface area contributed by atoms with Gasteiger partial charge in [0.15, 0.2) is 0 Å². The molecule has 1 atom stereocenters. The number of hydrogen-bond donors (Lipinski definition) is 0. The van der Waals surface area contributed by atoms with Gasteiger partial charge in [-0.15, -0.1) is 0 Å². The van der Waals surface area contributed by atoms with Gasteiger partial charge in [-0.2, -0.15) is 5.26 Å². The number of piperidine rings is 1. The van der Waals surface area contributed by atoms with Crippen molar-refractivity contribution in [2.24, 2.45) is 0 Å². The van der Waals surface area contributed by atoms with Crippen molar-refractivity contribution in [1.82, 2.24) is 14.8 Å². The quantitative estimate of drug-likeness (QED) is 0.737. The number of carbonyl (C=O) groups is 3. The zero-order chi connectivity index (χ0) is 17.8. The molecule has 0 saturated carbocycles. The van der Waals surface area contributed by atoms with Gasteiger partial charge in [0.05, 0.1) is 18.2 Å². The van der Waals surface area contributed by atoms with E-state index in [2.05, 4.69) is 4.98 Å². The zero-order valence-corrected chi connectivity index (χ0v) is 13.7. The summed E-state index contributed by atoms with van der Waals surface area (Å²) in [6.45, 7) is 0.737. The van der Waals surface area contributed by atoms with Gasteiger partial charge in [-0.3, -0.25) is 19.3 Å². The first-order valence-electron chi connectivity index (χ1n) is 8.20. The molecule has 0 N–H and O–H groups in total. The SMILES string of the molecule is N#Cc1ccnc(OC2CCCN(C(=O)CN3C(=O)CCC3=O)C2)c1. The second-order valence-electron chi connectivity index (χ2n) is 6.09. The number of aromatic nitrogens is 1. The molecule has 8 heteroatoms. The minimum atomic E-state index is -0.291. The maximum absolute atomic E-state index is 12.4. The number of pyridine rings is 1. The first-order valence-corrected chi connectivity index (χ1v) is 8.20. The number of nitriles is 1. The lowest BCUT2D eigenvalue weighted by Gasteiger charge is -2.33. The molecular formula is C17H18N4O4. The molecule has 2 fully saturated rings. The van der Waals surface area contributed by atoms with Crippen molar-refractivity contribution in [3.05, 3.63) is 23.9 Å². The maximum atomic E-state index is 12.4. The lowest BCUT2D eigenvalue weighted by molar-refractivity contribution is -0.146. The average Bonchev–Trinajstić information content (AvgIpc) is 2.94. The van der Waals surface area contributed by atoms with Crippen molar-refractivity contribution < 1.29 is 19.1 Å². The van der Waals surface area contributed by atoms with Crippen LogP contribution in [-0.4, -0.2) is 58.2 Å². The first-order chi connectivity index (χ1) is 12.1. The Morgan fingerprint density at radius 2 is 2.12 bits per heavy atom. The molecule has 0 bridgehead atoms. The van der Waals surface area contributed by atoms with Gasteiger partial charge in [0, 0.05) is 31.6 Å². The van der Waals surface area contributed by atoms with Crippen molar-refractivity contribution in [1.29, 1.82) is 5.26 Å². The molecule has 1 aromatic rings. The number of rotatable bonds is 4. The van der Waals surface area contributed by atoms with E-state index < -0.39 is 0 Å². The molecule has 25 heavy (non-hydrogen) atoms. The van der Waals surface area contributed by atoms with Gasteiger partial charge in [0.1, 0.15) is 12.6 Å². The third-order valence-electron chi connectivity index (χ3n) is 4.33. The van der Waals surface area contributed by atoms with E-state index in [9.17, 15) is 14.4 Å². The topological polar surface area (TPSA) is 104 Å². The van der Waals surface area contributed by atoms with Crippen LogP contribution < -0.4 is 4.74 Å². The fourth-order valence-electron chi connectivity index (χ4n) is 3.01. The van der Waals surface area contributed by atoms with Crippen LogP contribution in [0.3, 0.4) is 0 Å².